The second kappa shape index (κ2) is 8.09. The second-order valence-corrected chi connectivity index (χ2v) is 7.55. The van der Waals surface area contributed by atoms with Crippen LogP contribution in [0.15, 0.2) is 57.3 Å². The van der Waals surface area contributed by atoms with Crippen LogP contribution in [-0.4, -0.2) is 48.6 Å². The number of aliphatic imine (C=N–C) groups is 3. The summed E-state index contributed by atoms with van der Waals surface area (Å²) in [5, 5.41) is 11.6. The maximum Gasteiger partial charge on any atom is 0.138 e. The standard InChI is InChI=1S/C24H19N5O2/c25-11-23-17-8-16-3-4-21-10-22(16)24(23)28-12-18(9-17)27-14-19-13-26-15-29(19)6-5-20(30)2-1-7-31-21/h1,3-4,7-10,12-14,19H,2,5-6,15H2. The topological polar surface area (TPSA) is 90.4 Å². The summed E-state index contributed by atoms with van der Waals surface area (Å²) in [6.45, 7) is 1.15. The predicted molar refractivity (Wildman–Crippen MR) is 121 cm³/mol. The van der Waals surface area contributed by atoms with Gasteiger partial charge in [0.25, 0.3) is 0 Å². The SMILES string of the molecule is N#Cc1c2cc3ccc4cc3c1N=CC(=C2)N=CC1C=NCN1CCC(=O)CC=CO4. The maximum atomic E-state index is 12.2. The summed E-state index contributed by atoms with van der Waals surface area (Å²) in [6, 6.07) is 9.84. The lowest BCUT2D eigenvalue weighted by Crippen LogP contribution is -2.34. The minimum absolute atomic E-state index is 0.0803. The van der Waals surface area contributed by atoms with Gasteiger partial charge in [0.05, 0.1) is 42.1 Å². The van der Waals surface area contributed by atoms with Crippen LogP contribution in [0.3, 0.4) is 0 Å². The van der Waals surface area contributed by atoms with Gasteiger partial charge in [-0.25, -0.2) is 0 Å². The van der Waals surface area contributed by atoms with Gasteiger partial charge in [-0.1, -0.05) is 6.07 Å². The van der Waals surface area contributed by atoms with E-state index in [4.69, 9.17) is 4.74 Å². The van der Waals surface area contributed by atoms with Crippen LogP contribution in [0.1, 0.15) is 24.0 Å². The van der Waals surface area contributed by atoms with Crippen molar-refractivity contribution >= 4 is 47.0 Å². The van der Waals surface area contributed by atoms with Gasteiger partial charge < -0.3 is 4.74 Å². The Kier molecular flexibility index (Phi) is 4.98. The number of carbonyl (C=O) groups is 1. The first-order valence-corrected chi connectivity index (χ1v) is 10.1. The van der Waals surface area contributed by atoms with E-state index in [1.54, 1.807) is 12.3 Å². The number of rotatable bonds is 0. The number of hydrogen-bond donors (Lipinski definition) is 0. The van der Waals surface area contributed by atoms with E-state index in [1.807, 2.05) is 42.8 Å². The number of nitrogens with zero attached hydrogens (tertiary/aromatic N) is 5. The molecule has 0 aromatic heterocycles. The lowest BCUT2D eigenvalue weighted by Gasteiger charge is -2.18. The molecule has 0 fully saturated rings. The van der Waals surface area contributed by atoms with E-state index in [-0.39, 0.29) is 11.8 Å². The van der Waals surface area contributed by atoms with Gasteiger partial charge >= 0.3 is 0 Å². The third-order valence-corrected chi connectivity index (χ3v) is 5.50. The zero-order chi connectivity index (χ0) is 21.2. The molecule has 152 valence electrons. The summed E-state index contributed by atoms with van der Waals surface area (Å²) < 4.78 is 5.71. The number of allylic oxidation sites excluding steroid dienone is 2. The molecular formula is C24H19N5O2. The van der Waals surface area contributed by atoms with Crippen molar-refractivity contribution in [2.24, 2.45) is 15.0 Å². The van der Waals surface area contributed by atoms with E-state index >= 15 is 0 Å². The first kappa shape index (κ1) is 19.1. The molecule has 0 saturated heterocycles. The van der Waals surface area contributed by atoms with Crippen molar-refractivity contribution in [3.63, 3.8) is 0 Å². The molecule has 5 rings (SSSR count). The first-order chi connectivity index (χ1) is 15.2. The van der Waals surface area contributed by atoms with Crippen LogP contribution < -0.4 is 4.74 Å². The lowest BCUT2D eigenvalue weighted by atomic mass is 9.98. The summed E-state index contributed by atoms with van der Waals surface area (Å²) in [7, 11) is 0. The Balaban J connectivity index is 1.62. The molecule has 5 bridgehead atoms. The van der Waals surface area contributed by atoms with Gasteiger partial charge in [-0.15, -0.1) is 0 Å². The van der Waals surface area contributed by atoms with Crippen LogP contribution in [0.2, 0.25) is 0 Å². The molecule has 7 nitrogen and oxygen atoms in total. The number of carbonyl (C=O) groups excluding carboxylic acids is 1. The molecule has 0 saturated carbocycles. The molecule has 1 atom stereocenters. The van der Waals surface area contributed by atoms with Crippen LogP contribution in [0, 0.1) is 11.3 Å². The number of benzene rings is 2. The van der Waals surface area contributed by atoms with Crippen LogP contribution >= 0.6 is 0 Å². The molecule has 0 spiro atoms. The average Bonchev–Trinajstić information content (AvgIpc) is 3.18. The van der Waals surface area contributed by atoms with Gasteiger partial charge in [-0.2, -0.15) is 5.26 Å². The summed E-state index contributed by atoms with van der Waals surface area (Å²) in [4.78, 5) is 27.9. The smallest absolute Gasteiger partial charge is 0.138 e. The van der Waals surface area contributed by atoms with Crippen molar-refractivity contribution in [1.29, 1.82) is 5.26 Å². The Morgan fingerprint density at radius 3 is 3.03 bits per heavy atom. The molecule has 3 aliphatic heterocycles. The van der Waals surface area contributed by atoms with E-state index in [2.05, 4.69) is 25.9 Å². The molecule has 0 amide bonds. The Hall–Kier alpha value is -3.89. The van der Waals surface area contributed by atoms with Crippen molar-refractivity contribution < 1.29 is 9.53 Å². The minimum Gasteiger partial charge on any atom is -0.465 e. The van der Waals surface area contributed by atoms with Gasteiger partial charge in [-0.3, -0.25) is 24.7 Å². The largest absolute Gasteiger partial charge is 0.465 e. The molecule has 2 aromatic carbocycles. The number of nitriles is 1. The Morgan fingerprint density at radius 2 is 2.13 bits per heavy atom. The van der Waals surface area contributed by atoms with Crippen LogP contribution in [0.4, 0.5) is 5.69 Å². The van der Waals surface area contributed by atoms with Crippen molar-refractivity contribution in [1.82, 2.24) is 4.90 Å². The van der Waals surface area contributed by atoms with Crippen molar-refractivity contribution in [2.75, 3.05) is 13.2 Å². The first-order valence-electron chi connectivity index (χ1n) is 10.1. The Bertz CT molecular complexity index is 1260. The highest BCUT2D eigenvalue weighted by Crippen LogP contribution is 2.37. The predicted octanol–water partition coefficient (Wildman–Crippen LogP) is 3.81. The van der Waals surface area contributed by atoms with Gasteiger partial charge in [-0.05, 0) is 41.3 Å². The second-order valence-electron chi connectivity index (χ2n) is 7.55. The van der Waals surface area contributed by atoms with Gasteiger partial charge in [0.15, 0.2) is 0 Å². The van der Waals surface area contributed by atoms with Crippen LogP contribution in [0.5, 0.6) is 5.75 Å². The quantitative estimate of drug-likeness (QED) is 0.662. The molecular weight excluding hydrogens is 390 g/mol. The fourth-order valence-corrected chi connectivity index (χ4v) is 3.85. The normalized spacial score (nSPS) is 20.5. The van der Waals surface area contributed by atoms with E-state index in [0.29, 0.717) is 48.8 Å². The molecule has 0 radical (unpaired) electrons. The molecule has 31 heavy (non-hydrogen) atoms. The zero-order valence-electron chi connectivity index (χ0n) is 16.7. The van der Waals surface area contributed by atoms with E-state index in [0.717, 1.165) is 16.3 Å². The molecule has 0 aliphatic carbocycles. The van der Waals surface area contributed by atoms with Gasteiger partial charge in [0, 0.05) is 37.2 Å². The van der Waals surface area contributed by atoms with Crippen molar-refractivity contribution in [3.05, 3.63) is 53.4 Å². The Labute approximate surface area is 179 Å². The third-order valence-electron chi connectivity index (χ3n) is 5.50. The number of ether oxygens (including phenoxy) is 1. The number of fused-ring (bicyclic) bond motifs is 4. The summed E-state index contributed by atoms with van der Waals surface area (Å²) in [5.41, 5.74) is 2.54. The fourth-order valence-electron chi connectivity index (χ4n) is 3.85. The maximum absolute atomic E-state index is 12.2. The third kappa shape index (κ3) is 3.81. The summed E-state index contributed by atoms with van der Waals surface area (Å²) in [5.74, 6) is 0.758. The highest BCUT2D eigenvalue weighted by molar-refractivity contribution is 6.04. The summed E-state index contributed by atoms with van der Waals surface area (Å²) >= 11 is 0. The molecule has 3 aliphatic rings. The van der Waals surface area contributed by atoms with Crippen molar-refractivity contribution in [2.45, 2.75) is 18.9 Å². The van der Waals surface area contributed by atoms with E-state index < -0.39 is 0 Å². The molecule has 2 aromatic rings. The van der Waals surface area contributed by atoms with Crippen molar-refractivity contribution in [3.8, 4) is 11.8 Å². The zero-order valence-corrected chi connectivity index (χ0v) is 16.7. The summed E-state index contributed by atoms with van der Waals surface area (Å²) in [6.07, 6.45) is 11.2. The lowest BCUT2D eigenvalue weighted by molar-refractivity contribution is -0.118. The van der Waals surface area contributed by atoms with Crippen LogP contribution in [0.25, 0.3) is 16.8 Å². The van der Waals surface area contributed by atoms with Crippen LogP contribution in [-0.2, 0) is 4.79 Å². The highest BCUT2D eigenvalue weighted by Gasteiger charge is 2.20. The molecule has 7 heteroatoms. The molecule has 3 heterocycles. The molecule has 0 N–H and O–H groups in total. The van der Waals surface area contributed by atoms with Gasteiger partial charge in [0.2, 0.25) is 0 Å². The molecule has 1 unspecified atom stereocenters. The van der Waals surface area contributed by atoms with Gasteiger partial charge in [0.1, 0.15) is 17.6 Å². The number of ketones is 1. The highest BCUT2D eigenvalue weighted by atomic mass is 16.5. The monoisotopic (exact) mass is 409 g/mol. The fraction of sp³-hybridized carbons (Fsp3) is 0.208. The minimum atomic E-state index is -0.0803. The average molecular weight is 409 g/mol. The van der Waals surface area contributed by atoms with E-state index in [9.17, 15) is 10.1 Å². The van der Waals surface area contributed by atoms with E-state index in [1.165, 1.54) is 6.26 Å². The number of hydrogen-bond acceptors (Lipinski definition) is 7. The number of Topliss-reactive ketones (excluding diaryl/α,β-unsaturated/α-hetero) is 1. The Morgan fingerprint density at radius 1 is 1.19 bits per heavy atom.